The summed E-state index contributed by atoms with van der Waals surface area (Å²) in [7, 11) is 0. The zero-order valence-corrected chi connectivity index (χ0v) is 16.7. The van der Waals surface area contributed by atoms with E-state index in [1.165, 1.54) is 0 Å². The molecule has 0 saturated carbocycles. The molecule has 1 amide bonds. The third-order valence-corrected chi connectivity index (χ3v) is 4.91. The largest absolute Gasteiger partial charge is 0.489 e. The number of nitrogens with one attached hydrogen (secondary N) is 1. The summed E-state index contributed by atoms with van der Waals surface area (Å²) in [6, 6.07) is 7.40. The van der Waals surface area contributed by atoms with Gasteiger partial charge in [0.2, 0.25) is 5.91 Å². The van der Waals surface area contributed by atoms with E-state index >= 15 is 0 Å². The Morgan fingerprint density at radius 2 is 2.11 bits per heavy atom. The summed E-state index contributed by atoms with van der Waals surface area (Å²) in [4.78, 5) is 16.8. The normalized spacial score (nSPS) is 13.4. The molecule has 0 aliphatic carbocycles. The van der Waals surface area contributed by atoms with Crippen LogP contribution in [-0.4, -0.2) is 28.5 Å². The smallest absolute Gasteiger partial charge is 0.224 e. The van der Waals surface area contributed by atoms with Crippen LogP contribution in [0.25, 0.3) is 5.65 Å². The highest BCUT2D eigenvalue weighted by Gasteiger charge is 2.17. The molecule has 3 aromatic rings. The van der Waals surface area contributed by atoms with Gasteiger partial charge in [-0.05, 0) is 45.8 Å². The first-order chi connectivity index (χ1) is 13.1. The van der Waals surface area contributed by atoms with Crippen LogP contribution in [0.15, 0.2) is 41.1 Å². The molecule has 0 radical (unpaired) electrons. The van der Waals surface area contributed by atoms with Crippen LogP contribution in [0.2, 0.25) is 5.02 Å². The lowest BCUT2D eigenvalue weighted by molar-refractivity contribution is -0.120. The number of pyridine rings is 1. The quantitative estimate of drug-likeness (QED) is 0.657. The maximum atomic E-state index is 12.3. The van der Waals surface area contributed by atoms with Crippen molar-refractivity contribution in [3.63, 3.8) is 0 Å². The molecule has 27 heavy (non-hydrogen) atoms. The topological polar surface area (TPSA) is 64.9 Å². The molecule has 0 fully saturated rings. The fraction of sp³-hybridized carbons (Fsp3) is 0.263. The van der Waals surface area contributed by atoms with Crippen LogP contribution in [0, 0.1) is 0 Å². The molecule has 6 nitrogen and oxygen atoms in total. The lowest BCUT2D eigenvalue weighted by Crippen LogP contribution is -2.24. The molecule has 1 aliphatic rings. The number of nitrogens with zero attached hydrogens (tertiary/aromatic N) is 2. The summed E-state index contributed by atoms with van der Waals surface area (Å²) in [5.74, 6) is 1.03. The summed E-state index contributed by atoms with van der Waals surface area (Å²) in [5.41, 5.74) is 2.40. The molecule has 140 valence electrons. The maximum Gasteiger partial charge on any atom is 0.224 e. The molecular formula is C19H17BrClN3O3. The molecular weight excluding hydrogens is 434 g/mol. The third kappa shape index (κ3) is 4.20. The van der Waals surface area contributed by atoms with E-state index in [-0.39, 0.29) is 12.3 Å². The van der Waals surface area contributed by atoms with E-state index in [2.05, 4.69) is 26.2 Å². The highest BCUT2D eigenvalue weighted by molar-refractivity contribution is 9.10. The van der Waals surface area contributed by atoms with Gasteiger partial charge in [0.25, 0.3) is 0 Å². The molecule has 0 atom stereocenters. The minimum Gasteiger partial charge on any atom is -0.489 e. The minimum atomic E-state index is -0.112. The average Bonchev–Trinajstić information content (AvgIpc) is 2.87. The Bertz CT molecular complexity index is 1010. The fourth-order valence-corrected chi connectivity index (χ4v) is 3.57. The first-order valence-corrected chi connectivity index (χ1v) is 9.73. The van der Waals surface area contributed by atoms with Crippen molar-refractivity contribution in [3.8, 4) is 11.5 Å². The molecule has 4 rings (SSSR count). The molecule has 2 aromatic heterocycles. The Labute approximate surface area is 169 Å². The average molecular weight is 451 g/mol. The SMILES string of the molecule is O=C(Cc1cc(Cl)c2c(c1)OCCCO2)NCc1cn2cc(Br)ccc2n1. The summed E-state index contributed by atoms with van der Waals surface area (Å²) >= 11 is 9.71. The van der Waals surface area contributed by atoms with Crippen molar-refractivity contribution >= 4 is 39.1 Å². The highest BCUT2D eigenvalue weighted by atomic mass is 79.9. The summed E-state index contributed by atoms with van der Waals surface area (Å²) < 4.78 is 14.2. The van der Waals surface area contributed by atoms with Gasteiger partial charge in [0.05, 0.1) is 36.9 Å². The molecule has 0 saturated heterocycles. The number of carbonyl (C=O) groups is 1. The maximum absolute atomic E-state index is 12.3. The molecule has 1 aliphatic heterocycles. The Balaban J connectivity index is 1.41. The van der Waals surface area contributed by atoms with Gasteiger partial charge >= 0.3 is 0 Å². The van der Waals surface area contributed by atoms with Gasteiger partial charge in [-0.15, -0.1) is 0 Å². The van der Waals surface area contributed by atoms with Crippen LogP contribution in [0.4, 0.5) is 0 Å². The first-order valence-electron chi connectivity index (χ1n) is 8.56. The van der Waals surface area contributed by atoms with Gasteiger partial charge in [0, 0.05) is 23.3 Å². The van der Waals surface area contributed by atoms with E-state index < -0.39 is 0 Å². The van der Waals surface area contributed by atoms with Crippen molar-refractivity contribution in [2.75, 3.05) is 13.2 Å². The van der Waals surface area contributed by atoms with Gasteiger partial charge in [-0.1, -0.05) is 11.6 Å². The number of carbonyl (C=O) groups excluding carboxylic acids is 1. The van der Waals surface area contributed by atoms with Crippen molar-refractivity contribution in [2.45, 2.75) is 19.4 Å². The van der Waals surface area contributed by atoms with E-state index in [1.807, 2.05) is 35.0 Å². The minimum absolute atomic E-state index is 0.112. The van der Waals surface area contributed by atoms with Crippen LogP contribution < -0.4 is 14.8 Å². The van der Waals surface area contributed by atoms with Gasteiger partial charge in [-0.25, -0.2) is 4.98 Å². The number of hydrogen-bond donors (Lipinski definition) is 1. The van der Waals surface area contributed by atoms with E-state index in [1.54, 1.807) is 6.07 Å². The number of fused-ring (bicyclic) bond motifs is 2. The number of benzene rings is 1. The van der Waals surface area contributed by atoms with Gasteiger partial charge in [0.1, 0.15) is 5.65 Å². The zero-order chi connectivity index (χ0) is 18.8. The first kappa shape index (κ1) is 18.1. The van der Waals surface area contributed by atoms with Crippen LogP contribution in [-0.2, 0) is 17.8 Å². The van der Waals surface area contributed by atoms with Gasteiger partial charge in [0.15, 0.2) is 11.5 Å². The predicted molar refractivity (Wildman–Crippen MR) is 106 cm³/mol. The number of halogens is 2. The second-order valence-electron chi connectivity index (χ2n) is 6.25. The van der Waals surface area contributed by atoms with E-state index in [0.29, 0.717) is 36.3 Å². The Morgan fingerprint density at radius 1 is 1.26 bits per heavy atom. The van der Waals surface area contributed by atoms with E-state index in [0.717, 1.165) is 27.8 Å². The second kappa shape index (κ2) is 7.78. The summed E-state index contributed by atoms with van der Waals surface area (Å²) in [5, 5.41) is 3.35. The number of aromatic nitrogens is 2. The Hall–Kier alpha value is -2.25. The monoisotopic (exact) mass is 449 g/mol. The second-order valence-corrected chi connectivity index (χ2v) is 7.58. The number of ether oxygens (including phenoxy) is 2. The lowest BCUT2D eigenvalue weighted by Gasteiger charge is -2.11. The van der Waals surface area contributed by atoms with Crippen LogP contribution in [0.5, 0.6) is 11.5 Å². The Kier molecular flexibility index (Phi) is 5.22. The van der Waals surface area contributed by atoms with Gasteiger partial charge in [-0.2, -0.15) is 0 Å². The van der Waals surface area contributed by atoms with Gasteiger partial charge in [-0.3, -0.25) is 4.79 Å². The third-order valence-electron chi connectivity index (χ3n) is 4.16. The van der Waals surface area contributed by atoms with E-state index in [4.69, 9.17) is 21.1 Å². The van der Waals surface area contributed by atoms with Crippen LogP contribution in [0.3, 0.4) is 0 Å². The number of hydrogen-bond acceptors (Lipinski definition) is 4. The van der Waals surface area contributed by atoms with Crippen molar-refractivity contribution in [2.24, 2.45) is 0 Å². The molecule has 3 heterocycles. The Morgan fingerprint density at radius 3 is 3.00 bits per heavy atom. The molecule has 0 bridgehead atoms. The van der Waals surface area contributed by atoms with Crippen molar-refractivity contribution in [1.82, 2.24) is 14.7 Å². The summed E-state index contributed by atoms with van der Waals surface area (Å²) in [6.07, 6.45) is 4.82. The predicted octanol–water partition coefficient (Wildman–Crippen LogP) is 3.77. The number of rotatable bonds is 4. The zero-order valence-electron chi connectivity index (χ0n) is 14.4. The van der Waals surface area contributed by atoms with Crippen molar-refractivity contribution in [3.05, 3.63) is 57.4 Å². The molecule has 1 N–H and O–H groups in total. The lowest BCUT2D eigenvalue weighted by atomic mass is 10.1. The molecule has 1 aromatic carbocycles. The standard InChI is InChI=1S/C19H17BrClN3O3/c20-13-2-3-17-23-14(11-24(17)10-13)9-22-18(25)8-12-6-15(21)19-16(7-12)26-4-1-5-27-19/h2-3,6-7,10-11H,1,4-5,8-9H2,(H,22,25). The van der Waals surface area contributed by atoms with Crippen molar-refractivity contribution < 1.29 is 14.3 Å². The number of amides is 1. The van der Waals surface area contributed by atoms with Crippen molar-refractivity contribution in [1.29, 1.82) is 0 Å². The van der Waals surface area contributed by atoms with Gasteiger partial charge < -0.3 is 19.2 Å². The van der Waals surface area contributed by atoms with Crippen LogP contribution in [0.1, 0.15) is 17.7 Å². The van der Waals surface area contributed by atoms with E-state index in [9.17, 15) is 4.79 Å². The molecule has 0 unspecified atom stereocenters. The fourth-order valence-electron chi connectivity index (χ4n) is 2.93. The molecule has 0 spiro atoms. The molecule has 8 heteroatoms. The number of imidazole rings is 1. The van der Waals surface area contributed by atoms with Crippen LogP contribution >= 0.6 is 27.5 Å². The summed E-state index contributed by atoms with van der Waals surface area (Å²) in [6.45, 7) is 1.50. The highest BCUT2D eigenvalue weighted by Crippen LogP contribution is 2.38.